The Kier molecular flexibility index (Phi) is 9.86. The van der Waals surface area contributed by atoms with Crippen molar-refractivity contribution in [2.24, 2.45) is 5.92 Å². The second-order valence-corrected chi connectivity index (χ2v) is 6.04. The van der Waals surface area contributed by atoms with Gasteiger partial charge in [-0.3, -0.25) is 4.79 Å². The third kappa shape index (κ3) is 7.25. The number of likely N-dealkylation sites (N-methyl/N-ethyl adjacent to an activating group) is 1. The predicted octanol–water partition coefficient (Wildman–Crippen LogP) is 2.68. The summed E-state index contributed by atoms with van der Waals surface area (Å²) in [4.78, 5) is 14.3. The first-order valence-electron chi connectivity index (χ1n) is 7.94. The molecular weight excluding hydrogens is 252 g/mol. The fourth-order valence-corrected chi connectivity index (χ4v) is 2.23. The van der Waals surface area contributed by atoms with Crippen LogP contribution in [-0.4, -0.2) is 50.2 Å². The van der Waals surface area contributed by atoms with Gasteiger partial charge in [-0.05, 0) is 59.7 Å². The molecule has 20 heavy (non-hydrogen) atoms. The van der Waals surface area contributed by atoms with E-state index in [2.05, 4.69) is 31.1 Å². The molecule has 0 aromatic carbocycles. The van der Waals surface area contributed by atoms with Crippen molar-refractivity contribution in [3.8, 4) is 0 Å². The highest BCUT2D eigenvalue weighted by atomic mass is 16.5. The monoisotopic (exact) mass is 286 g/mol. The first-order chi connectivity index (χ1) is 9.39. The quantitative estimate of drug-likeness (QED) is 0.468. The molecule has 4 heteroatoms. The van der Waals surface area contributed by atoms with Gasteiger partial charge >= 0.3 is 5.97 Å². The summed E-state index contributed by atoms with van der Waals surface area (Å²) in [6.07, 6.45) is 4.19. The maximum absolute atomic E-state index is 11.9. The molecule has 0 fully saturated rings. The Hall–Kier alpha value is -0.610. The number of nitrogens with zero attached hydrogens (tertiary/aromatic N) is 1. The third-order valence-electron chi connectivity index (χ3n) is 4.06. The summed E-state index contributed by atoms with van der Waals surface area (Å²) in [5.74, 6) is 0.609. The van der Waals surface area contributed by atoms with Gasteiger partial charge in [-0.15, -0.1) is 0 Å². The van der Waals surface area contributed by atoms with Crippen LogP contribution in [0.3, 0.4) is 0 Å². The lowest BCUT2D eigenvalue weighted by Crippen LogP contribution is -2.48. The minimum atomic E-state index is -0.550. The number of hydrogen-bond donors (Lipinski definition) is 1. The summed E-state index contributed by atoms with van der Waals surface area (Å²) in [6, 6.07) is 0. The number of rotatable bonds is 11. The van der Waals surface area contributed by atoms with Gasteiger partial charge in [-0.1, -0.05) is 20.3 Å². The van der Waals surface area contributed by atoms with Gasteiger partial charge in [0.1, 0.15) is 5.54 Å². The Morgan fingerprint density at radius 3 is 2.50 bits per heavy atom. The molecule has 0 spiro atoms. The van der Waals surface area contributed by atoms with E-state index in [9.17, 15) is 4.79 Å². The summed E-state index contributed by atoms with van der Waals surface area (Å²) in [5, 5.41) is 3.10. The molecule has 1 N–H and O–H groups in total. The maximum Gasteiger partial charge on any atom is 0.326 e. The molecule has 2 atom stereocenters. The lowest BCUT2D eigenvalue weighted by Gasteiger charge is -2.27. The van der Waals surface area contributed by atoms with E-state index in [1.165, 1.54) is 6.42 Å². The van der Waals surface area contributed by atoms with Gasteiger partial charge in [-0.2, -0.15) is 0 Å². The van der Waals surface area contributed by atoms with E-state index in [0.29, 0.717) is 6.61 Å². The maximum atomic E-state index is 11.9. The zero-order chi connectivity index (χ0) is 15.6. The van der Waals surface area contributed by atoms with Crippen molar-refractivity contribution < 1.29 is 9.53 Å². The molecule has 0 aliphatic rings. The van der Waals surface area contributed by atoms with Crippen molar-refractivity contribution in [3.63, 3.8) is 0 Å². The lowest BCUT2D eigenvalue weighted by atomic mass is 9.95. The largest absolute Gasteiger partial charge is 0.465 e. The molecule has 0 aromatic rings. The standard InChI is InChI=1S/C16H34N2O2/c1-7-14(3)13-18(6)12-10-9-11-16(4,17-5)15(19)20-8-2/h14,17H,7-13H2,1-6H3. The van der Waals surface area contributed by atoms with Gasteiger partial charge in [-0.25, -0.2) is 0 Å². The van der Waals surface area contributed by atoms with Crippen LogP contribution in [0.5, 0.6) is 0 Å². The number of esters is 1. The molecule has 0 rings (SSSR count). The average molecular weight is 286 g/mol. The summed E-state index contributed by atoms with van der Waals surface area (Å²) >= 11 is 0. The molecule has 0 bridgehead atoms. The van der Waals surface area contributed by atoms with Gasteiger partial charge in [0, 0.05) is 6.54 Å². The highest BCUT2D eigenvalue weighted by molar-refractivity contribution is 5.80. The van der Waals surface area contributed by atoms with E-state index in [1.54, 1.807) is 0 Å². The van der Waals surface area contributed by atoms with Crippen LogP contribution in [0.2, 0.25) is 0 Å². The van der Waals surface area contributed by atoms with Crippen molar-refractivity contribution in [3.05, 3.63) is 0 Å². The SMILES string of the molecule is CCOC(=O)C(C)(CCCCN(C)CC(C)CC)NC. The van der Waals surface area contributed by atoms with Gasteiger partial charge in [0.2, 0.25) is 0 Å². The van der Waals surface area contributed by atoms with Crippen molar-refractivity contribution in [2.75, 3.05) is 33.8 Å². The molecule has 0 saturated heterocycles. The van der Waals surface area contributed by atoms with E-state index in [0.717, 1.165) is 38.3 Å². The summed E-state index contributed by atoms with van der Waals surface area (Å²) < 4.78 is 5.13. The second kappa shape index (κ2) is 10.2. The molecule has 0 saturated carbocycles. The zero-order valence-electron chi connectivity index (χ0n) is 14.3. The summed E-state index contributed by atoms with van der Waals surface area (Å²) in [6.45, 7) is 11.0. The van der Waals surface area contributed by atoms with E-state index in [1.807, 2.05) is 20.9 Å². The van der Waals surface area contributed by atoms with Gasteiger partial charge in [0.25, 0.3) is 0 Å². The van der Waals surface area contributed by atoms with Crippen molar-refractivity contribution in [2.45, 2.75) is 58.9 Å². The molecule has 0 radical (unpaired) electrons. The molecule has 0 aromatic heterocycles. The Bertz CT molecular complexity index is 271. The number of ether oxygens (including phenoxy) is 1. The van der Waals surface area contributed by atoms with Crippen molar-refractivity contribution in [1.29, 1.82) is 0 Å². The normalized spacial score (nSPS) is 15.9. The van der Waals surface area contributed by atoms with E-state index in [-0.39, 0.29) is 5.97 Å². The molecular formula is C16H34N2O2. The van der Waals surface area contributed by atoms with Crippen LogP contribution in [0.15, 0.2) is 0 Å². The van der Waals surface area contributed by atoms with E-state index in [4.69, 9.17) is 4.74 Å². The third-order valence-corrected chi connectivity index (χ3v) is 4.06. The smallest absolute Gasteiger partial charge is 0.326 e. The summed E-state index contributed by atoms with van der Waals surface area (Å²) in [5.41, 5.74) is -0.550. The van der Waals surface area contributed by atoms with Gasteiger partial charge < -0.3 is 15.0 Å². The fraction of sp³-hybridized carbons (Fsp3) is 0.938. The van der Waals surface area contributed by atoms with E-state index < -0.39 is 5.54 Å². The van der Waals surface area contributed by atoms with E-state index >= 15 is 0 Å². The number of carbonyl (C=O) groups is 1. The molecule has 120 valence electrons. The number of unbranched alkanes of at least 4 members (excludes halogenated alkanes) is 1. The van der Waals surface area contributed by atoms with Crippen LogP contribution in [-0.2, 0) is 9.53 Å². The van der Waals surface area contributed by atoms with Crippen LogP contribution in [0.4, 0.5) is 0 Å². The number of carbonyl (C=O) groups excluding carboxylic acids is 1. The number of hydrogen-bond acceptors (Lipinski definition) is 4. The summed E-state index contributed by atoms with van der Waals surface area (Å²) in [7, 11) is 4.00. The van der Waals surface area contributed by atoms with Gasteiger partial charge in [0.15, 0.2) is 0 Å². The average Bonchev–Trinajstić information content (AvgIpc) is 2.43. The topological polar surface area (TPSA) is 41.6 Å². The molecule has 0 heterocycles. The fourth-order valence-electron chi connectivity index (χ4n) is 2.23. The highest BCUT2D eigenvalue weighted by Gasteiger charge is 2.32. The molecule has 0 aliphatic carbocycles. The molecule has 2 unspecified atom stereocenters. The van der Waals surface area contributed by atoms with Crippen LogP contribution in [0, 0.1) is 5.92 Å². The van der Waals surface area contributed by atoms with Gasteiger partial charge in [0.05, 0.1) is 6.61 Å². The Labute approximate surface area is 125 Å². The number of nitrogens with one attached hydrogen (secondary N) is 1. The Balaban J connectivity index is 3.99. The zero-order valence-corrected chi connectivity index (χ0v) is 14.3. The minimum absolute atomic E-state index is 0.143. The Morgan fingerprint density at radius 1 is 1.35 bits per heavy atom. The Morgan fingerprint density at radius 2 is 2.00 bits per heavy atom. The lowest BCUT2D eigenvalue weighted by molar-refractivity contribution is -0.150. The van der Waals surface area contributed by atoms with Crippen LogP contribution >= 0.6 is 0 Å². The first-order valence-corrected chi connectivity index (χ1v) is 7.94. The van der Waals surface area contributed by atoms with Crippen LogP contribution in [0.1, 0.15) is 53.4 Å². The second-order valence-electron chi connectivity index (χ2n) is 6.04. The highest BCUT2D eigenvalue weighted by Crippen LogP contribution is 2.16. The molecule has 0 amide bonds. The van der Waals surface area contributed by atoms with Crippen LogP contribution in [0.25, 0.3) is 0 Å². The predicted molar refractivity (Wildman–Crippen MR) is 84.9 cm³/mol. The van der Waals surface area contributed by atoms with Crippen molar-refractivity contribution >= 4 is 5.97 Å². The van der Waals surface area contributed by atoms with Crippen LogP contribution < -0.4 is 5.32 Å². The minimum Gasteiger partial charge on any atom is -0.465 e. The van der Waals surface area contributed by atoms with Crippen molar-refractivity contribution in [1.82, 2.24) is 10.2 Å². The first kappa shape index (κ1) is 19.4. The molecule has 4 nitrogen and oxygen atoms in total. The molecule has 0 aliphatic heterocycles.